The van der Waals surface area contributed by atoms with Crippen LogP contribution < -0.4 is 0 Å². The fourth-order valence-corrected chi connectivity index (χ4v) is 1.80. The van der Waals surface area contributed by atoms with Crippen LogP contribution in [0.4, 0.5) is 0 Å². The first-order chi connectivity index (χ1) is 6.08. The summed E-state index contributed by atoms with van der Waals surface area (Å²) in [6, 6.07) is 0. The summed E-state index contributed by atoms with van der Waals surface area (Å²) < 4.78 is 0. The van der Waals surface area contributed by atoms with Gasteiger partial charge in [0.05, 0.1) is 5.60 Å². The predicted octanol–water partition coefficient (Wildman–Crippen LogP) is 0.770. The fourth-order valence-electron chi connectivity index (χ4n) is 1.80. The quantitative estimate of drug-likeness (QED) is 0.652. The minimum atomic E-state index is -0.541. The Hall–Kier alpha value is -0.570. The van der Waals surface area contributed by atoms with Gasteiger partial charge in [-0.25, -0.2) is 0 Å². The second kappa shape index (κ2) is 2.98. The summed E-state index contributed by atoms with van der Waals surface area (Å²) in [5, 5.41) is 9.69. The Balaban J connectivity index is 1.86. The molecule has 0 bridgehead atoms. The van der Waals surface area contributed by atoms with E-state index in [1.165, 1.54) is 0 Å². The maximum Gasteiger partial charge on any atom is 0.225 e. The Kier molecular flexibility index (Phi) is 2.06. The number of rotatable bonds is 1. The lowest BCUT2D eigenvalue weighted by Crippen LogP contribution is -2.45. The Labute approximate surface area is 78.7 Å². The molecule has 13 heavy (non-hydrogen) atoms. The summed E-state index contributed by atoms with van der Waals surface area (Å²) >= 11 is 0. The fraction of sp³-hybridized carbons (Fsp3) is 0.900. The van der Waals surface area contributed by atoms with Gasteiger partial charge in [-0.05, 0) is 32.6 Å². The van der Waals surface area contributed by atoms with Crippen molar-refractivity contribution in [3.8, 4) is 0 Å². The lowest BCUT2D eigenvalue weighted by molar-refractivity contribution is -0.136. The van der Waals surface area contributed by atoms with Crippen molar-refractivity contribution >= 4 is 5.91 Å². The van der Waals surface area contributed by atoms with Gasteiger partial charge in [0.1, 0.15) is 0 Å². The van der Waals surface area contributed by atoms with Crippen LogP contribution in [0, 0.1) is 5.92 Å². The largest absolute Gasteiger partial charge is 0.390 e. The molecule has 0 spiro atoms. The minimum absolute atomic E-state index is 0.315. The van der Waals surface area contributed by atoms with E-state index in [0.717, 1.165) is 38.8 Å². The maximum absolute atomic E-state index is 11.6. The van der Waals surface area contributed by atoms with E-state index in [4.69, 9.17) is 0 Å². The molecule has 0 radical (unpaired) electrons. The van der Waals surface area contributed by atoms with E-state index < -0.39 is 5.60 Å². The third kappa shape index (κ3) is 2.02. The second-order valence-corrected chi connectivity index (χ2v) is 4.60. The molecule has 2 aliphatic rings. The van der Waals surface area contributed by atoms with E-state index in [0.29, 0.717) is 11.8 Å². The minimum Gasteiger partial charge on any atom is -0.390 e. The van der Waals surface area contributed by atoms with Crippen LogP contribution in [-0.2, 0) is 4.79 Å². The van der Waals surface area contributed by atoms with Crippen LogP contribution in [0.2, 0.25) is 0 Å². The molecule has 1 saturated heterocycles. The molecule has 1 amide bonds. The average Bonchev–Trinajstić information content (AvgIpc) is 2.85. The zero-order valence-electron chi connectivity index (χ0n) is 8.12. The van der Waals surface area contributed by atoms with Gasteiger partial charge >= 0.3 is 0 Å². The molecule has 2 fully saturated rings. The van der Waals surface area contributed by atoms with Gasteiger partial charge < -0.3 is 10.0 Å². The maximum atomic E-state index is 11.6. The summed E-state index contributed by atoms with van der Waals surface area (Å²) in [6.45, 7) is 3.33. The van der Waals surface area contributed by atoms with Crippen molar-refractivity contribution in [3.05, 3.63) is 0 Å². The lowest BCUT2D eigenvalue weighted by atomic mass is 9.93. The standard InChI is InChI=1S/C10H17NO2/c1-10(13)4-6-11(7-5-10)9(12)8-2-3-8/h8,13H,2-7H2,1H3. The van der Waals surface area contributed by atoms with Crippen LogP contribution in [0.15, 0.2) is 0 Å². The number of hydrogen-bond acceptors (Lipinski definition) is 2. The van der Waals surface area contributed by atoms with Gasteiger partial charge in [0.2, 0.25) is 5.91 Å². The number of likely N-dealkylation sites (tertiary alicyclic amines) is 1. The first kappa shape index (κ1) is 9.00. The van der Waals surface area contributed by atoms with Crippen molar-refractivity contribution < 1.29 is 9.90 Å². The molecule has 0 aromatic heterocycles. The molecule has 0 aromatic rings. The molecular weight excluding hydrogens is 166 g/mol. The number of hydrogen-bond donors (Lipinski definition) is 1. The van der Waals surface area contributed by atoms with Gasteiger partial charge in [0, 0.05) is 19.0 Å². The van der Waals surface area contributed by atoms with Gasteiger partial charge in [-0.1, -0.05) is 0 Å². The van der Waals surface area contributed by atoms with E-state index in [1.807, 2.05) is 11.8 Å². The summed E-state index contributed by atoms with van der Waals surface area (Å²) in [5.41, 5.74) is -0.541. The molecule has 1 aliphatic carbocycles. The number of amides is 1. The Morgan fingerprint density at radius 1 is 1.38 bits per heavy atom. The highest BCUT2D eigenvalue weighted by molar-refractivity contribution is 5.81. The molecule has 2 rings (SSSR count). The van der Waals surface area contributed by atoms with Crippen LogP contribution in [-0.4, -0.2) is 34.6 Å². The monoisotopic (exact) mass is 183 g/mol. The highest BCUT2D eigenvalue weighted by atomic mass is 16.3. The number of aliphatic hydroxyl groups is 1. The molecule has 0 atom stereocenters. The third-order valence-corrected chi connectivity index (χ3v) is 3.08. The summed E-state index contributed by atoms with van der Waals surface area (Å²) in [7, 11) is 0. The molecule has 0 aromatic carbocycles. The molecule has 1 heterocycles. The van der Waals surface area contributed by atoms with Crippen LogP contribution >= 0.6 is 0 Å². The first-order valence-electron chi connectivity index (χ1n) is 5.10. The van der Waals surface area contributed by atoms with Gasteiger partial charge in [-0.15, -0.1) is 0 Å². The van der Waals surface area contributed by atoms with Crippen LogP contribution in [0.3, 0.4) is 0 Å². The van der Waals surface area contributed by atoms with Crippen molar-refractivity contribution in [1.82, 2.24) is 4.90 Å². The summed E-state index contributed by atoms with van der Waals surface area (Å²) in [4.78, 5) is 13.5. The topological polar surface area (TPSA) is 40.5 Å². The molecule has 74 valence electrons. The Morgan fingerprint density at radius 2 is 1.92 bits per heavy atom. The number of carbonyl (C=O) groups is 1. The lowest BCUT2D eigenvalue weighted by Gasteiger charge is -2.35. The Morgan fingerprint density at radius 3 is 2.38 bits per heavy atom. The highest BCUT2D eigenvalue weighted by Crippen LogP contribution is 2.32. The van der Waals surface area contributed by atoms with Gasteiger partial charge in [-0.3, -0.25) is 4.79 Å². The summed E-state index contributed by atoms with van der Waals surface area (Å²) in [5.74, 6) is 0.638. The summed E-state index contributed by atoms with van der Waals surface area (Å²) in [6.07, 6.45) is 3.61. The molecule has 0 unspecified atom stereocenters. The van der Waals surface area contributed by atoms with Crippen LogP contribution in [0.5, 0.6) is 0 Å². The van der Waals surface area contributed by atoms with Gasteiger partial charge in [0.25, 0.3) is 0 Å². The van der Waals surface area contributed by atoms with Gasteiger partial charge in [0.15, 0.2) is 0 Å². The highest BCUT2D eigenvalue weighted by Gasteiger charge is 2.36. The van der Waals surface area contributed by atoms with Crippen molar-refractivity contribution in [1.29, 1.82) is 0 Å². The molecule has 1 saturated carbocycles. The van der Waals surface area contributed by atoms with E-state index >= 15 is 0 Å². The van der Waals surface area contributed by atoms with E-state index in [2.05, 4.69) is 0 Å². The van der Waals surface area contributed by atoms with Crippen molar-refractivity contribution in [2.24, 2.45) is 5.92 Å². The second-order valence-electron chi connectivity index (χ2n) is 4.60. The van der Waals surface area contributed by atoms with E-state index in [9.17, 15) is 9.90 Å². The van der Waals surface area contributed by atoms with Crippen molar-refractivity contribution in [3.63, 3.8) is 0 Å². The molecule has 1 aliphatic heterocycles. The average molecular weight is 183 g/mol. The van der Waals surface area contributed by atoms with Crippen molar-refractivity contribution in [2.45, 2.75) is 38.2 Å². The van der Waals surface area contributed by atoms with E-state index in [1.54, 1.807) is 0 Å². The molecule has 1 N–H and O–H groups in total. The van der Waals surface area contributed by atoms with Crippen molar-refractivity contribution in [2.75, 3.05) is 13.1 Å². The predicted molar refractivity (Wildman–Crippen MR) is 49.2 cm³/mol. The molecule has 3 nitrogen and oxygen atoms in total. The van der Waals surface area contributed by atoms with Crippen LogP contribution in [0.25, 0.3) is 0 Å². The SMILES string of the molecule is CC1(O)CCN(C(=O)C2CC2)CC1. The number of piperidine rings is 1. The first-order valence-corrected chi connectivity index (χ1v) is 5.10. The zero-order valence-corrected chi connectivity index (χ0v) is 8.12. The molecule has 3 heteroatoms. The van der Waals surface area contributed by atoms with E-state index in [-0.39, 0.29) is 0 Å². The smallest absolute Gasteiger partial charge is 0.225 e. The van der Waals surface area contributed by atoms with Crippen LogP contribution in [0.1, 0.15) is 32.6 Å². The number of nitrogens with zero attached hydrogens (tertiary/aromatic N) is 1. The molecular formula is C10H17NO2. The van der Waals surface area contributed by atoms with Gasteiger partial charge in [-0.2, -0.15) is 0 Å². The zero-order chi connectivity index (χ0) is 9.47. The Bertz CT molecular complexity index is 211. The normalized spacial score (nSPS) is 27.4. The third-order valence-electron chi connectivity index (χ3n) is 3.08. The number of carbonyl (C=O) groups excluding carboxylic acids is 1.